The molecule has 4 aromatic rings. The fourth-order valence-electron chi connectivity index (χ4n) is 3.17. The van der Waals surface area contributed by atoms with Gasteiger partial charge in [0.05, 0.1) is 12.9 Å². The van der Waals surface area contributed by atoms with Crippen molar-refractivity contribution in [3.05, 3.63) is 96.1 Å². The maximum Gasteiger partial charge on any atom is 0.277 e. The van der Waals surface area contributed by atoms with Crippen molar-refractivity contribution >= 4 is 17.7 Å². The summed E-state index contributed by atoms with van der Waals surface area (Å²) in [6, 6.07) is 27.3. The molecule has 0 unspecified atom stereocenters. The van der Waals surface area contributed by atoms with E-state index in [1.54, 1.807) is 7.11 Å². The Kier molecular flexibility index (Phi) is 7.19. The van der Waals surface area contributed by atoms with Crippen LogP contribution in [-0.2, 0) is 17.9 Å². The predicted molar refractivity (Wildman–Crippen MR) is 124 cm³/mol. The molecule has 1 amide bonds. The van der Waals surface area contributed by atoms with Crippen molar-refractivity contribution in [3.8, 4) is 17.2 Å². The Morgan fingerprint density at radius 3 is 2.03 bits per heavy atom. The fourth-order valence-corrected chi connectivity index (χ4v) is 3.84. The quantitative estimate of drug-likeness (QED) is 0.335. The fraction of sp³-hybridized carbons (Fsp3) is 0.160. The van der Waals surface area contributed by atoms with Gasteiger partial charge in [-0.15, -0.1) is 10.2 Å². The van der Waals surface area contributed by atoms with Crippen LogP contribution in [0.3, 0.4) is 0 Å². The SMILES string of the molecule is COc1ccc(-c2nnc(SCC(=O)N(Cc3ccccc3)Cc3ccccc3)o2)cc1. The van der Waals surface area contributed by atoms with E-state index in [1.165, 1.54) is 11.8 Å². The minimum absolute atomic E-state index is 0.00639. The van der Waals surface area contributed by atoms with Crippen LogP contribution >= 0.6 is 11.8 Å². The first-order valence-electron chi connectivity index (χ1n) is 10.2. The highest BCUT2D eigenvalue weighted by molar-refractivity contribution is 7.99. The Morgan fingerprint density at radius 1 is 0.875 bits per heavy atom. The number of carbonyl (C=O) groups excluding carboxylic acids is 1. The number of benzene rings is 3. The van der Waals surface area contributed by atoms with Crippen molar-refractivity contribution in [2.75, 3.05) is 12.9 Å². The summed E-state index contributed by atoms with van der Waals surface area (Å²) >= 11 is 1.24. The molecule has 4 rings (SSSR count). The Hall–Kier alpha value is -3.58. The lowest BCUT2D eigenvalue weighted by atomic mass is 10.1. The largest absolute Gasteiger partial charge is 0.497 e. The van der Waals surface area contributed by atoms with Crippen molar-refractivity contribution < 1.29 is 13.9 Å². The summed E-state index contributed by atoms with van der Waals surface area (Å²) in [4.78, 5) is 14.9. The molecule has 162 valence electrons. The van der Waals surface area contributed by atoms with E-state index >= 15 is 0 Å². The minimum Gasteiger partial charge on any atom is -0.497 e. The summed E-state index contributed by atoms with van der Waals surface area (Å²) in [5.41, 5.74) is 2.97. The van der Waals surface area contributed by atoms with Crippen LogP contribution in [0.15, 0.2) is 94.6 Å². The second kappa shape index (κ2) is 10.6. The van der Waals surface area contributed by atoms with Gasteiger partial charge >= 0.3 is 0 Å². The van der Waals surface area contributed by atoms with Crippen molar-refractivity contribution in [1.29, 1.82) is 0 Å². The first-order valence-corrected chi connectivity index (χ1v) is 11.2. The molecule has 7 heteroatoms. The van der Waals surface area contributed by atoms with Crippen molar-refractivity contribution in [1.82, 2.24) is 15.1 Å². The van der Waals surface area contributed by atoms with E-state index in [-0.39, 0.29) is 11.7 Å². The van der Waals surface area contributed by atoms with Gasteiger partial charge in [0, 0.05) is 18.7 Å². The highest BCUT2D eigenvalue weighted by Crippen LogP contribution is 2.25. The van der Waals surface area contributed by atoms with Crippen molar-refractivity contribution in [2.24, 2.45) is 0 Å². The highest BCUT2D eigenvalue weighted by atomic mass is 32.2. The number of nitrogens with zero attached hydrogens (tertiary/aromatic N) is 3. The third-order valence-electron chi connectivity index (χ3n) is 4.85. The van der Waals surface area contributed by atoms with E-state index in [0.717, 1.165) is 22.4 Å². The number of ether oxygens (including phenoxy) is 1. The second-order valence-electron chi connectivity index (χ2n) is 7.11. The third-order valence-corrected chi connectivity index (χ3v) is 5.65. The molecule has 32 heavy (non-hydrogen) atoms. The van der Waals surface area contributed by atoms with Gasteiger partial charge in [0.15, 0.2) is 0 Å². The van der Waals surface area contributed by atoms with Crippen LogP contribution in [0.5, 0.6) is 5.75 Å². The Morgan fingerprint density at radius 2 is 1.47 bits per heavy atom. The summed E-state index contributed by atoms with van der Waals surface area (Å²) in [5, 5.41) is 8.54. The molecule has 0 spiro atoms. The molecule has 0 N–H and O–H groups in total. The summed E-state index contributed by atoms with van der Waals surface area (Å²) in [5.74, 6) is 1.38. The Bertz CT molecular complexity index is 1090. The molecule has 3 aromatic carbocycles. The number of amides is 1. The number of methoxy groups -OCH3 is 1. The Labute approximate surface area is 191 Å². The number of hydrogen-bond donors (Lipinski definition) is 0. The molecule has 1 heterocycles. The van der Waals surface area contributed by atoms with Crippen molar-refractivity contribution in [2.45, 2.75) is 18.3 Å². The normalized spacial score (nSPS) is 10.7. The standard InChI is InChI=1S/C25H23N3O3S/c1-30-22-14-12-21(13-15-22)24-26-27-25(31-24)32-18-23(29)28(16-19-8-4-2-5-9-19)17-20-10-6-3-7-11-20/h2-15H,16-18H2,1H3. The van der Waals surface area contributed by atoms with Crippen LogP contribution in [0.25, 0.3) is 11.5 Å². The average molecular weight is 446 g/mol. The van der Waals surface area contributed by atoms with Crippen LogP contribution in [0.1, 0.15) is 11.1 Å². The lowest BCUT2D eigenvalue weighted by Gasteiger charge is -2.23. The van der Waals surface area contributed by atoms with E-state index in [9.17, 15) is 4.79 Å². The lowest BCUT2D eigenvalue weighted by molar-refractivity contribution is -0.129. The lowest BCUT2D eigenvalue weighted by Crippen LogP contribution is -2.31. The van der Waals surface area contributed by atoms with Gasteiger partial charge in [-0.3, -0.25) is 4.79 Å². The van der Waals surface area contributed by atoms with Crippen LogP contribution < -0.4 is 4.74 Å². The Balaban J connectivity index is 1.41. The maximum atomic E-state index is 13.1. The van der Waals surface area contributed by atoms with Crippen LogP contribution in [-0.4, -0.2) is 33.9 Å². The minimum atomic E-state index is 0.00639. The van der Waals surface area contributed by atoms with E-state index in [1.807, 2.05) is 89.8 Å². The van der Waals surface area contributed by atoms with Crippen molar-refractivity contribution in [3.63, 3.8) is 0 Å². The molecule has 0 bridgehead atoms. The molecule has 1 aromatic heterocycles. The van der Waals surface area contributed by atoms with Gasteiger partial charge in [-0.1, -0.05) is 72.4 Å². The number of hydrogen-bond acceptors (Lipinski definition) is 6. The van der Waals surface area contributed by atoms with Gasteiger partial charge in [-0.25, -0.2) is 0 Å². The molecule has 0 radical (unpaired) electrons. The number of thioether (sulfide) groups is 1. The molecule has 0 aliphatic rings. The zero-order valence-corrected chi connectivity index (χ0v) is 18.5. The maximum absolute atomic E-state index is 13.1. The second-order valence-corrected chi connectivity index (χ2v) is 8.04. The molecule has 6 nitrogen and oxygen atoms in total. The summed E-state index contributed by atoms with van der Waals surface area (Å²) in [6.45, 7) is 1.08. The van der Waals surface area contributed by atoms with Crippen LogP contribution in [0.4, 0.5) is 0 Å². The number of carbonyl (C=O) groups is 1. The number of aromatic nitrogens is 2. The molecule has 0 fully saturated rings. The molecule has 0 saturated heterocycles. The van der Waals surface area contributed by atoms with E-state index in [2.05, 4.69) is 10.2 Å². The van der Waals surface area contributed by atoms with Gasteiger partial charge in [0.1, 0.15) is 5.75 Å². The van der Waals surface area contributed by atoms with Crippen LogP contribution in [0, 0.1) is 0 Å². The van der Waals surface area contributed by atoms with Gasteiger partial charge < -0.3 is 14.1 Å². The zero-order chi connectivity index (χ0) is 22.2. The predicted octanol–water partition coefficient (Wildman–Crippen LogP) is 5.07. The molecular formula is C25H23N3O3S. The van der Waals surface area contributed by atoms with E-state index < -0.39 is 0 Å². The van der Waals surface area contributed by atoms with Gasteiger partial charge in [0.25, 0.3) is 5.22 Å². The zero-order valence-electron chi connectivity index (χ0n) is 17.7. The van der Waals surface area contributed by atoms with E-state index in [4.69, 9.17) is 9.15 Å². The third kappa shape index (κ3) is 5.76. The number of rotatable bonds is 9. The smallest absolute Gasteiger partial charge is 0.277 e. The molecule has 0 aliphatic carbocycles. The molecule has 0 atom stereocenters. The van der Waals surface area contributed by atoms with Gasteiger partial charge in [0.2, 0.25) is 11.8 Å². The highest BCUT2D eigenvalue weighted by Gasteiger charge is 2.17. The first-order chi connectivity index (χ1) is 15.7. The van der Waals surface area contributed by atoms with Gasteiger partial charge in [-0.2, -0.15) is 0 Å². The summed E-state index contributed by atoms with van der Waals surface area (Å²) in [6.07, 6.45) is 0. The molecule has 0 aliphatic heterocycles. The topological polar surface area (TPSA) is 68.5 Å². The van der Waals surface area contributed by atoms with Gasteiger partial charge in [-0.05, 0) is 35.4 Å². The summed E-state index contributed by atoms with van der Waals surface area (Å²) < 4.78 is 10.9. The summed E-state index contributed by atoms with van der Waals surface area (Å²) in [7, 11) is 1.62. The average Bonchev–Trinajstić information content (AvgIpc) is 3.32. The monoisotopic (exact) mass is 445 g/mol. The van der Waals surface area contributed by atoms with E-state index in [0.29, 0.717) is 24.2 Å². The molecular weight excluding hydrogens is 422 g/mol. The first kappa shape index (κ1) is 21.6. The van der Waals surface area contributed by atoms with Crippen LogP contribution in [0.2, 0.25) is 0 Å². The molecule has 0 saturated carbocycles.